The van der Waals surface area contributed by atoms with E-state index in [1.807, 2.05) is 30.3 Å². The average Bonchev–Trinajstić information content (AvgIpc) is 2.74. The van der Waals surface area contributed by atoms with Crippen LogP contribution < -0.4 is 20.1 Å². The molecule has 0 aliphatic carbocycles. The summed E-state index contributed by atoms with van der Waals surface area (Å²) in [6.45, 7) is 1.72. The minimum atomic E-state index is -0.331. The van der Waals surface area contributed by atoms with Gasteiger partial charge >= 0.3 is 0 Å². The molecule has 0 radical (unpaired) electrons. The maximum Gasteiger partial charge on any atom is 0.262 e. The van der Waals surface area contributed by atoms with Gasteiger partial charge in [-0.05, 0) is 48.0 Å². The average molecular weight is 425 g/mol. The maximum absolute atomic E-state index is 12.1. The molecule has 0 aromatic heterocycles. The van der Waals surface area contributed by atoms with Crippen LogP contribution in [0.4, 0.5) is 11.4 Å². The van der Waals surface area contributed by atoms with Gasteiger partial charge in [0.15, 0.2) is 6.61 Å². The molecular formula is C23H21ClN2O4. The number of benzene rings is 3. The Labute approximate surface area is 179 Å². The van der Waals surface area contributed by atoms with Crippen LogP contribution in [0.3, 0.4) is 0 Å². The first-order valence-electron chi connectivity index (χ1n) is 9.26. The molecule has 0 atom stereocenters. The van der Waals surface area contributed by atoms with Crippen molar-refractivity contribution >= 4 is 34.8 Å². The largest absolute Gasteiger partial charge is 0.489 e. The van der Waals surface area contributed by atoms with Gasteiger partial charge in [-0.1, -0.05) is 41.9 Å². The number of rotatable bonds is 8. The molecular weight excluding hydrogens is 404 g/mol. The molecule has 0 spiro atoms. The normalized spacial score (nSPS) is 10.2. The van der Waals surface area contributed by atoms with Crippen molar-refractivity contribution in [1.82, 2.24) is 0 Å². The van der Waals surface area contributed by atoms with E-state index in [0.717, 1.165) is 5.56 Å². The lowest BCUT2D eigenvalue weighted by atomic mass is 10.2. The van der Waals surface area contributed by atoms with Gasteiger partial charge in [-0.15, -0.1) is 0 Å². The number of ether oxygens (including phenoxy) is 2. The van der Waals surface area contributed by atoms with E-state index in [2.05, 4.69) is 10.6 Å². The summed E-state index contributed by atoms with van der Waals surface area (Å²) >= 11 is 6.10. The lowest BCUT2D eigenvalue weighted by Gasteiger charge is -2.11. The molecule has 0 saturated heterocycles. The van der Waals surface area contributed by atoms with Gasteiger partial charge in [0.2, 0.25) is 5.91 Å². The van der Waals surface area contributed by atoms with Crippen molar-refractivity contribution in [2.75, 3.05) is 17.2 Å². The number of hydrogen-bond donors (Lipinski definition) is 2. The van der Waals surface area contributed by atoms with Crippen molar-refractivity contribution < 1.29 is 19.1 Å². The van der Waals surface area contributed by atoms with Gasteiger partial charge in [0.05, 0.1) is 10.7 Å². The minimum Gasteiger partial charge on any atom is -0.489 e. The van der Waals surface area contributed by atoms with E-state index in [9.17, 15) is 9.59 Å². The number of hydrogen-bond acceptors (Lipinski definition) is 4. The molecule has 2 amide bonds. The Kier molecular flexibility index (Phi) is 7.29. The highest BCUT2D eigenvalue weighted by Crippen LogP contribution is 2.25. The van der Waals surface area contributed by atoms with Crippen molar-refractivity contribution in [3.63, 3.8) is 0 Å². The van der Waals surface area contributed by atoms with Gasteiger partial charge in [0, 0.05) is 12.6 Å². The zero-order valence-corrected chi connectivity index (χ0v) is 17.1. The van der Waals surface area contributed by atoms with E-state index in [0.29, 0.717) is 34.5 Å². The molecule has 2 N–H and O–H groups in total. The molecule has 0 aliphatic rings. The van der Waals surface area contributed by atoms with E-state index in [4.69, 9.17) is 21.1 Å². The Morgan fingerprint density at radius 3 is 2.17 bits per heavy atom. The molecule has 0 unspecified atom stereocenters. The number of amides is 2. The highest BCUT2D eigenvalue weighted by molar-refractivity contribution is 6.34. The summed E-state index contributed by atoms with van der Waals surface area (Å²) in [6.07, 6.45) is 0. The third-order valence-electron chi connectivity index (χ3n) is 4.01. The Morgan fingerprint density at radius 1 is 0.867 bits per heavy atom. The molecule has 7 heteroatoms. The Balaban J connectivity index is 1.46. The summed E-state index contributed by atoms with van der Waals surface area (Å²) in [5, 5.41) is 5.63. The van der Waals surface area contributed by atoms with Gasteiger partial charge < -0.3 is 20.1 Å². The zero-order chi connectivity index (χ0) is 21.3. The van der Waals surface area contributed by atoms with Gasteiger partial charge in [-0.3, -0.25) is 9.59 Å². The van der Waals surface area contributed by atoms with Crippen molar-refractivity contribution in [2.24, 2.45) is 0 Å². The topological polar surface area (TPSA) is 76.7 Å². The third kappa shape index (κ3) is 6.53. The van der Waals surface area contributed by atoms with Crippen molar-refractivity contribution in [3.05, 3.63) is 83.4 Å². The third-order valence-corrected chi connectivity index (χ3v) is 4.32. The van der Waals surface area contributed by atoms with Crippen LogP contribution in [0.25, 0.3) is 0 Å². The highest BCUT2D eigenvalue weighted by Gasteiger charge is 2.08. The number of carbonyl (C=O) groups excluding carboxylic acids is 2. The Morgan fingerprint density at radius 2 is 1.53 bits per heavy atom. The van der Waals surface area contributed by atoms with Gasteiger partial charge in [0.25, 0.3) is 5.91 Å². The molecule has 0 bridgehead atoms. The monoisotopic (exact) mass is 424 g/mol. The molecule has 30 heavy (non-hydrogen) atoms. The van der Waals surface area contributed by atoms with E-state index in [1.54, 1.807) is 42.5 Å². The summed E-state index contributed by atoms with van der Waals surface area (Å²) in [5.41, 5.74) is 2.07. The summed E-state index contributed by atoms with van der Waals surface area (Å²) in [4.78, 5) is 23.2. The predicted octanol–water partition coefficient (Wildman–Crippen LogP) is 4.89. The quantitative estimate of drug-likeness (QED) is 0.539. The van der Waals surface area contributed by atoms with Crippen LogP contribution in [-0.2, 0) is 16.2 Å². The molecule has 0 saturated carbocycles. The fourth-order valence-electron chi connectivity index (χ4n) is 2.60. The zero-order valence-electron chi connectivity index (χ0n) is 16.4. The van der Waals surface area contributed by atoms with Crippen LogP contribution >= 0.6 is 11.6 Å². The summed E-state index contributed by atoms with van der Waals surface area (Å²) < 4.78 is 11.2. The van der Waals surface area contributed by atoms with E-state index in [-0.39, 0.29) is 18.4 Å². The lowest BCUT2D eigenvalue weighted by Crippen LogP contribution is -2.20. The second-order valence-electron chi connectivity index (χ2n) is 6.46. The lowest BCUT2D eigenvalue weighted by molar-refractivity contribution is -0.118. The summed E-state index contributed by atoms with van der Waals surface area (Å²) in [6, 6.07) is 21.8. The van der Waals surface area contributed by atoms with Crippen LogP contribution in [0, 0.1) is 0 Å². The fraction of sp³-hybridized carbons (Fsp3) is 0.130. The summed E-state index contributed by atoms with van der Waals surface area (Å²) in [7, 11) is 0. The smallest absolute Gasteiger partial charge is 0.262 e. The van der Waals surface area contributed by atoms with Crippen LogP contribution in [0.2, 0.25) is 5.02 Å². The van der Waals surface area contributed by atoms with Gasteiger partial charge in [-0.2, -0.15) is 0 Å². The van der Waals surface area contributed by atoms with Crippen LogP contribution in [-0.4, -0.2) is 18.4 Å². The first-order valence-corrected chi connectivity index (χ1v) is 9.64. The Hall–Kier alpha value is -3.51. The fourth-order valence-corrected chi connectivity index (χ4v) is 2.83. The second-order valence-corrected chi connectivity index (χ2v) is 6.87. The van der Waals surface area contributed by atoms with Gasteiger partial charge in [0.1, 0.15) is 18.1 Å². The minimum absolute atomic E-state index is 0.157. The number of nitrogens with one attached hydrogen (secondary N) is 2. The number of anilines is 2. The van der Waals surface area contributed by atoms with E-state index < -0.39 is 0 Å². The van der Waals surface area contributed by atoms with Crippen molar-refractivity contribution in [2.45, 2.75) is 13.5 Å². The van der Waals surface area contributed by atoms with Crippen molar-refractivity contribution in [3.8, 4) is 11.5 Å². The summed E-state index contributed by atoms with van der Waals surface area (Å²) in [5.74, 6) is 0.710. The second kappa shape index (κ2) is 10.3. The molecule has 3 rings (SSSR count). The number of carbonyl (C=O) groups is 2. The van der Waals surface area contributed by atoms with Gasteiger partial charge in [-0.25, -0.2) is 0 Å². The Bertz CT molecular complexity index is 1010. The molecule has 154 valence electrons. The first-order chi connectivity index (χ1) is 14.5. The highest BCUT2D eigenvalue weighted by atomic mass is 35.5. The molecule has 0 heterocycles. The van der Waals surface area contributed by atoms with Crippen LogP contribution in [0.5, 0.6) is 11.5 Å². The molecule has 0 aliphatic heterocycles. The molecule has 3 aromatic carbocycles. The SMILES string of the molecule is CC(=O)Nc1ccc(NC(=O)COc2ccc(OCc3ccccc3)cc2)cc1Cl. The molecule has 0 fully saturated rings. The molecule has 6 nitrogen and oxygen atoms in total. The van der Waals surface area contributed by atoms with E-state index in [1.165, 1.54) is 6.92 Å². The van der Waals surface area contributed by atoms with Crippen LogP contribution in [0.15, 0.2) is 72.8 Å². The standard InChI is InChI=1S/C23H21ClN2O4/c1-16(27)25-22-12-7-18(13-21(22)24)26-23(28)15-30-20-10-8-19(9-11-20)29-14-17-5-3-2-4-6-17/h2-13H,14-15H2,1H3,(H,25,27)(H,26,28). The van der Waals surface area contributed by atoms with Crippen molar-refractivity contribution in [1.29, 1.82) is 0 Å². The van der Waals surface area contributed by atoms with E-state index >= 15 is 0 Å². The number of halogens is 1. The maximum atomic E-state index is 12.1. The van der Waals surface area contributed by atoms with Crippen LogP contribution in [0.1, 0.15) is 12.5 Å². The first kappa shape index (κ1) is 21.2. The predicted molar refractivity (Wildman–Crippen MR) is 117 cm³/mol. The molecule has 3 aromatic rings.